The zero-order valence-corrected chi connectivity index (χ0v) is 17.5. The summed E-state index contributed by atoms with van der Waals surface area (Å²) in [6, 6.07) is 11.5. The molecular formula is C23H22ClNO5. The standard InChI is InChI=1S/C23H22ClNO5/c1-13-10-16-11-15(6-7-18(16)30-13)21(26)19-20(14-4-3-5-17(24)12-14)25(8-9-29-2)23(28)22(19)27/h3-7,11-13,20,26H,8-10H2,1-2H3/t13-,20-/m0/s1. The molecule has 6 nitrogen and oxygen atoms in total. The van der Waals surface area contributed by atoms with E-state index in [1.165, 1.54) is 12.0 Å². The van der Waals surface area contributed by atoms with Crippen LogP contribution in [0, 0.1) is 0 Å². The molecule has 2 aliphatic rings. The first-order valence-electron chi connectivity index (χ1n) is 9.73. The van der Waals surface area contributed by atoms with Gasteiger partial charge < -0.3 is 19.5 Å². The van der Waals surface area contributed by atoms with Gasteiger partial charge in [0.1, 0.15) is 17.6 Å². The fraction of sp³-hybridized carbons (Fsp3) is 0.304. The highest BCUT2D eigenvalue weighted by molar-refractivity contribution is 6.46. The van der Waals surface area contributed by atoms with Crippen molar-refractivity contribution < 1.29 is 24.2 Å². The van der Waals surface area contributed by atoms with Crippen LogP contribution in [-0.4, -0.2) is 48.1 Å². The Hall–Kier alpha value is -2.83. The third kappa shape index (κ3) is 3.57. The maximum Gasteiger partial charge on any atom is 0.295 e. The number of amides is 1. The lowest BCUT2D eigenvalue weighted by atomic mass is 9.94. The number of ether oxygens (including phenoxy) is 2. The van der Waals surface area contributed by atoms with Gasteiger partial charge in [-0.1, -0.05) is 23.7 Å². The van der Waals surface area contributed by atoms with Crippen LogP contribution in [-0.2, 0) is 20.7 Å². The second-order valence-electron chi connectivity index (χ2n) is 7.50. The van der Waals surface area contributed by atoms with E-state index in [2.05, 4.69) is 0 Å². The zero-order valence-electron chi connectivity index (χ0n) is 16.7. The number of rotatable bonds is 5. The van der Waals surface area contributed by atoms with E-state index >= 15 is 0 Å². The van der Waals surface area contributed by atoms with Crippen LogP contribution >= 0.6 is 11.6 Å². The molecule has 2 aromatic rings. The number of fused-ring (bicyclic) bond motifs is 1. The molecule has 2 heterocycles. The summed E-state index contributed by atoms with van der Waals surface area (Å²) >= 11 is 6.16. The largest absolute Gasteiger partial charge is 0.507 e. The van der Waals surface area contributed by atoms with Crippen LogP contribution in [0.2, 0.25) is 5.02 Å². The van der Waals surface area contributed by atoms with E-state index in [9.17, 15) is 14.7 Å². The topological polar surface area (TPSA) is 76.1 Å². The summed E-state index contributed by atoms with van der Waals surface area (Å²) in [5, 5.41) is 11.6. The Bertz CT molecular complexity index is 1050. The van der Waals surface area contributed by atoms with Crippen LogP contribution in [0.5, 0.6) is 5.75 Å². The van der Waals surface area contributed by atoms with Gasteiger partial charge >= 0.3 is 0 Å². The summed E-state index contributed by atoms with van der Waals surface area (Å²) in [6.45, 7) is 2.45. The summed E-state index contributed by atoms with van der Waals surface area (Å²) in [5.74, 6) is -0.832. The van der Waals surface area contributed by atoms with E-state index in [1.807, 2.05) is 13.0 Å². The van der Waals surface area contributed by atoms with E-state index in [1.54, 1.807) is 36.4 Å². The number of carbonyl (C=O) groups is 2. The molecule has 1 amide bonds. The molecule has 0 unspecified atom stereocenters. The van der Waals surface area contributed by atoms with Crippen LogP contribution in [0.15, 0.2) is 48.0 Å². The molecule has 7 heteroatoms. The van der Waals surface area contributed by atoms with E-state index in [0.29, 0.717) is 16.1 Å². The molecule has 1 saturated heterocycles. The van der Waals surface area contributed by atoms with Crippen molar-refractivity contribution in [2.45, 2.75) is 25.5 Å². The van der Waals surface area contributed by atoms with Gasteiger partial charge in [-0.25, -0.2) is 0 Å². The smallest absolute Gasteiger partial charge is 0.295 e. The Morgan fingerprint density at radius 3 is 2.80 bits per heavy atom. The Labute approximate surface area is 179 Å². The highest BCUT2D eigenvalue weighted by Crippen LogP contribution is 2.40. The number of carbonyl (C=O) groups excluding carboxylic acids is 2. The predicted molar refractivity (Wildman–Crippen MR) is 113 cm³/mol. The summed E-state index contributed by atoms with van der Waals surface area (Å²) in [4.78, 5) is 27.1. The molecule has 0 radical (unpaired) electrons. The monoisotopic (exact) mass is 427 g/mol. The van der Waals surface area contributed by atoms with Crippen LogP contribution < -0.4 is 4.74 Å². The average Bonchev–Trinajstić information content (AvgIpc) is 3.22. The van der Waals surface area contributed by atoms with Gasteiger partial charge in [-0.15, -0.1) is 0 Å². The van der Waals surface area contributed by atoms with Crippen molar-refractivity contribution in [3.8, 4) is 5.75 Å². The molecule has 30 heavy (non-hydrogen) atoms. The highest BCUT2D eigenvalue weighted by atomic mass is 35.5. The first-order chi connectivity index (χ1) is 14.4. The molecule has 0 spiro atoms. The molecule has 0 aliphatic carbocycles. The predicted octanol–water partition coefficient (Wildman–Crippen LogP) is 3.73. The van der Waals surface area contributed by atoms with E-state index < -0.39 is 17.7 Å². The number of methoxy groups -OCH3 is 1. The minimum absolute atomic E-state index is 0.0466. The summed E-state index contributed by atoms with van der Waals surface area (Å²) in [7, 11) is 1.53. The van der Waals surface area contributed by atoms with Crippen molar-refractivity contribution in [1.29, 1.82) is 0 Å². The van der Waals surface area contributed by atoms with Gasteiger partial charge in [-0.05, 0) is 48.4 Å². The molecule has 2 aromatic carbocycles. The van der Waals surface area contributed by atoms with Gasteiger partial charge in [0.15, 0.2) is 0 Å². The van der Waals surface area contributed by atoms with Gasteiger partial charge in [0.25, 0.3) is 11.7 Å². The van der Waals surface area contributed by atoms with Crippen molar-refractivity contribution in [3.63, 3.8) is 0 Å². The lowest BCUT2D eigenvalue weighted by Gasteiger charge is -2.25. The minimum Gasteiger partial charge on any atom is -0.507 e. The number of hydrogen-bond donors (Lipinski definition) is 1. The fourth-order valence-corrected chi connectivity index (χ4v) is 4.25. The molecule has 0 saturated carbocycles. The first kappa shape index (κ1) is 20.4. The fourth-order valence-electron chi connectivity index (χ4n) is 4.05. The molecule has 2 aliphatic heterocycles. The second-order valence-corrected chi connectivity index (χ2v) is 7.93. The second kappa shape index (κ2) is 8.13. The number of ketones is 1. The van der Waals surface area contributed by atoms with Gasteiger partial charge in [0.2, 0.25) is 0 Å². The van der Waals surface area contributed by atoms with Crippen LogP contribution in [0.3, 0.4) is 0 Å². The number of aliphatic hydroxyl groups excluding tert-OH is 1. The first-order valence-corrected chi connectivity index (χ1v) is 10.1. The van der Waals surface area contributed by atoms with Gasteiger partial charge in [0.05, 0.1) is 18.2 Å². The Balaban J connectivity index is 1.83. The lowest BCUT2D eigenvalue weighted by Crippen LogP contribution is -2.32. The SMILES string of the molecule is COCCN1C(=O)C(=O)C(=C(O)c2ccc3c(c2)C[C@H](C)O3)[C@@H]1c1cccc(Cl)c1. The molecule has 1 fully saturated rings. The zero-order chi connectivity index (χ0) is 21.4. The number of Topliss-reactive ketones (excluding diaryl/α,β-unsaturated/α-hetero) is 1. The molecule has 1 N–H and O–H groups in total. The maximum absolute atomic E-state index is 12.9. The van der Waals surface area contributed by atoms with E-state index in [4.69, 9.17) is 21.1 Å². The quantitative estimate of drug-likeness (QED) is 0.447. The normalized spacial score (nSPS) is 22.3. The van der Waals surface area contributed by atoms with Crippen LogP contribution in [0.1, 0.15) is 29.7 Å². The molecule has 156 valence electrons. The van der Waals surface area contributed by atoms with Crippen LogP contribution in [0.25, 0.3) is 5.76 Å². The number of likely N-dealkylation sites (tertiary alicyclic amines) is 1. The van der Waals surface area contributed by atoms with Crippen molar-refractivity contribution in [2.75, 3.05) is 20.3 Å². The molecular weight excluding hydrogens is 406 g/mol. The number of benzene rings is 2. The lowest BCUT2D eigenvalue weighted by molar-refractivity contribution is -0.140. The number of aliphatic hydroxyl groups is 1. The van der Waals surface area contributed by atoms with E-state index in [0.717, 1.165) is 17.7 Å². The van der Waals surface area contributed by atoms with E-state index in [-0.39, 0.29) is 30.6 Å². The van der Waals surface area contributed by atoms with Crippen molar-refractivity contribution in [1.82, 2.24) is 4.90 Å². The Kier molecular flexibility index (Phi) is 5.54. The molecule has 0 aromatic heterocycles. The summed E-state index contributed by atoms with van der Waals surface area (Å²) < 4.78 is 10.8. The average molecular weight is 428 g/mol. The minimum atomic E-state index is -0.748. The van der Waals surface area contributed by atoms with Gasteiger partial charge in [0, 0.05) is 30.7 Å². The maximum atomic E-state index is 12.9. The van der Waals surface area contributed by atoms with Crippen molar-refractivity contribution in [3.05, 3.63) is 69.8 Å². The van der Waals surface area contributed by atoms with Crippen molar-refractivity contribution >= 4 is 29.1 Å². The summed E-state index contributed by atoms with van der Waals surface area (Å²) in [5.41, 5.74) is 2.13. The Morgan fingerprint density at radius 1 is 1.27 bits per heavy atom. The van der Waals surface area contributed by atoms with Crippen LogP contribution in [0.4, 0.5) is 0 Å². The Morgan fingerprint density at radius 2 is 2.07 bits per heavy atom. The molecule has 2 atom stereocenters. The number of halogens is 1. The number of nitrogens with zero attached hydrogens (tertiary/aromatic N) is 1. The van der Waals surface area contributed by atoms with Crippen molar-refractivity contribution in [2.24, 2.45) is 0 Å². The number of hydrogen-bond acceptors (Lipinski definition) is 5. The molecule has 0 bridgehead atoms. The van der Waals surface area contributed by atoms with Gasteiger partial charge in [-0.3, -0.25) is 9.59 Å². The highest BCUT2D eigenvalue weighted by Gasteiger charge is 2.46. The molecule has 4 rings (SSSR count). The summed E-state index contributed by atoms with van der Waals surface area (Å²) in [6.07, 6.45) is 0.777. The third-order valence-corrected chi connectivity index (χ3v) is 5.65. The third-order valence-electron chi connectivity index (χ3n) is 5.41. The van der Waals surface area contributed by atoms with Gasteiger partial charge in [-0.2, -0.15) is 0 Å².